The van der Waals surface area contributed by atoms with Crippen molar-refractivity contribution in [3.05, 3.63) is 54.6 Å². The van der Waals surface area contributed by atoms with Crippen LogP contribution < -0.4 is 0 Å². The van der Waals surface area contributed by atoms with Gasteiger partial charge < -0.3 is 9.42 Å². The van der Waals surface area contributed by atoms with Crippen LogP contribution >= 0.6 is 0 Å². The Morgan fingerprint density at radius 2 is 2.12 bits per heavy atom. The van der Waals surface area contributed by atoms with Crippen molar-refractivity contribution in [2.24, 2.45) is 0 Å². The second-order valence-corrected chi connectivity index (χ2v) is 5.77. The highest BCUT2D eigenvalue weighted by Gasteiger charge is 2.33. The lowest BCUT2D eigenvalue weighted by atomic mass is 10.0. The van der Waals surface area contributed by atoms with Crippen LogP contribution in [-0.2, 0) is 0 Å². The first-order valence-corrected chi connectivity index (χ1v) is 8.15. The van der Waals surface area contributed by atoms with Gasteiger partial charge in [0.05, 0.1) is 6.20 Å². The van der Waals surface area contributed by atoms with E-state index in [1.165, 1.54) is 0 Å². The number of piperidine rings is 1. The molecule has 1 aliphatic heterocycles. The number of likely N-dealkylation sites (tertiary alicyclic amines) is 1. The lowest BCUT2D eigenvalue weighted by molar-refractivity contribution is 0.0555. The molecule has 0 spiro atoms. The van der Waals surface area contributed by atoms with Gasteiger partial charge in [0.2, 0.25) is 11.7 Å². The number of pyridine rings is 1. The summed E-state index contributed by atoms with van der Waals surface area (Å²) in [5.74, 6) is 0.674. The molecule has 0 unspecified atom stereocenters. The second-order valence-electron chi connectivity index (χ2n) is 5.77. The summed E-state index contributed by atoms with van der Waals surface area (Å²) in [5, 5.41) is 3.99. The molecule has 0 aliphatic carbocycles. The standard InChI is InChI=1S/C17H16N6O2/c24-17(12-5-1-3-7-19-12)23-10-4-2-6-14(23)16-21-15(22-25-16)13-11-18-8-9-20-13/h1,3,5,7-9,11,14H,2,4,6,10H2/t14-/m1/s1. The van der Waals surface area contributed by atoms with E-state index in [4.69, 9.17) is 4.52 Å². The van der Waals surface area contributed by atoms with E-state index in [0.717, 1.165) is 19.3 Å². The molecule has 3 aromatic rings. The number of hydrogen-bond donors (Lipinski definition) is 0. The Morgan fingerprint density at radius 1 is 1.16 bits per heavy atom. The maximum absolute atomic E-state index is 12.8. The molecule has 1 saturated heterocycles. The average molecular weight is 336 g/mol. The van der Waals surface area contributed by atoms with Crippen LogP contribution in [0.3, 0.4) is 0 Å². The third kappa shape index (κ3) is 3.10. The first-order chi connectivity index (χ1) is 12.3. The Bertz CT molecular complexity index is 852. The van der Waals surface area contributed by atoms with Crippen LogP contribution in [0.15, 0.2) is 47.5 Å². The Kier molecular flexibility index (Phi) is 4.16. The van der Waals surface area contributed by atoms with Crippen LogP contribution in [-0.4, -0.2) is 42.4 Å². The smallest absolute Gasteiger partial charge is 0.273 e. The van der Waals surface area contributed by atoms with Crippen molar-refractivity contribution in [3.63, 3.8) is 0 Å². The third-order valence-electron chi connectivity index (χ3n) is 4.17. The van der Waals surface area contributed by atoms with Crippen LogP contribution in [0, 0.1) is 0 Å². The summed E-state index contributed by atoms with van der Waals surface area (Å²) in [6.07, 6.45) is 9.07. The highest BCUT2D eigenvalue weighted by molar-refractivity contribution is 5.92. The maximum atomic E-state index is 12.8. The van der Waals surface area contributed by atoms with E-state index in [0.29, 0.717) is 29.6 Å². The molecule has 1 fully saturated rings. The second kappa shape index (κ2) is 6.76. The van der Waals surface area contributed by atoms with E-state index >= 15 is 0 Å². The molecule has 0 N–H and O–H groups in total. The molecule has 25 heavy (non-hydrogen) atoms. The van der Waals surface area contributed by atoms with E-state index in [1.807, 2.05) is 0 Å². The molecule has 126 valence electrons. The summed E-state index contributed by atoms with van der Waals surface area (Å²) < 4.78 is 5.43. The van der Waals surface area contributed by atoms with Gasteiger partial charge in [-0.15, -0.1) is 0 Å². The van der Waals surface area contributed by atoms with Crippen LogP contribution in [0.25, 0.3) is 11.5 Å². The van der Waals surface area contributed by atoms with Gasteiger partial charge in [-0.25, -0.2) is 4.98 Å². The van der Waals surface area contributed by atoms with Gasteiger partial charge in [-0.1, -0.05) is 11.2 Å². The van der Waals surface area contributed by atoms with Gasteiger partial charge in [0.25, 0.3) is 5.91 Å². The fraction of sp³-hybridized carbons (Fsp3) is 0.294. The average Bonchev–Trinajstić information content (AvgIpc) is 3.19. The molecule has 1 atom stereocenters. The zero-order valence-corrected chi connectivity index (χ0v) is 13.4. The van der Waals surface area contributed by atoms with E-state index in [1.54, 1.807) is 47.9 Å². The largest absolute Gasteiger partial charge is 0.337 e. The molecule has 3 aromatic heterocycles. The van der Waals surface area contributed by atoms with Gasteiger partial charge >= 0.3 is 0 Å². The predicted octanol–water partition coefficient (Wildman–Crippen LogP) is 2.29. The number of amides is 1. The van der Waals surface area contributed by atoms with Crippen LogP contribution in [0.1, 0.15) is 41.7 Å². The Labute approximate surface area is 143 Å². The minimum atomic E-state index is -0.249. The molecular formula is C17H16N6O2. The number of carbonyl (C=O) groups is 1. The fourth-order valence-electron chi connectivity index (χ4n) is 2.96. The predicted molar refractivity (Wildman–Crippen MR) is 87.2 cm³/mol. The van der Waals surface area contributed by atoms with Crippen molar-refractivity contribution in [3.8, 4) is 11.5 Å². The number of rotatable bonds is 3. The summed E-state index contributed by atoms with van der Waals surface area (Å²) in [6.45, 7) is 0.642. The highest BCUT2D eigenvalue weighted by atomic mass is 16.5. The quantitative estimate of drug-likeness (QED) is 0.723. The van der Waals surface area contributed by atoms with Crippen molar-refractivity contribution in [2.45, 2.75) is 25.3 Å². The first-order valence-electron chi connectivity index (χ1n) is 8.15. The van der Waals surface area contributed by atoms with Gasteiger partial charge in [-0.3, -0.25) is 14.8 Å². The maximum Gasteiger partial charge on any atom is 0.273 e. The van der Waals surface area contributed by atoms with Gasteiger partial charge in [-0.05, 0) is 31.4 Å². The molecule has 8 nitrogen and oxygen atoms in total. The van der Waals surface area contributed by atoms with Crippen LogP contribution in [0.5, 0.6) is 0 Å². The monoisotopic (exact) mass is 336 g/mol. The molecule has 1 amide bonds. The van der Waals surface area contributed by atoms with E-state index in [2.05, 4.69) is 25.1 Å². The molecular weight excluding hydrogens is 320 g/mol. The summed E-state index contributed by atoms with van der Waals surface area (Å²) >= 11 is 0. The topological polar surface area (TPSA) is 97.9 Å². The Morgan fingerprint density at radius 3 is 2.92 bits per heavy atom. The number of carbonyl (C=O) groups excluding carboxylic acids is 1. The SMILES string of the molecule is O=C(c1ccccn1)N1CCCC[C@@H]1c1nc(-c2cnccn2)no1. The van der Waals surface area contributed by atoms with Gasteiger partial charge in [0.15, 0.2) is 0 Å². The molecule has 8 heteroatoms. The summed E-state index contributed by atoms with van der Waals surface area (Å²) in [6, 6.07) is 5.06. The highest BCUT2D eigenvalue weighted by Crippen LogP contribution is 2.31. The van der Waals surface area contributed by atoms with Crippen molar-refractivity contribution in [2.75, 3.05) is 6.54 Å². The van der Waals surface area contributed by atoms with E-state index < -0.39 is 0 Å². The van der Waals surface area contributed by atoms with Crippen molar-refractivity contribution in [1.29, 1.82) is 0 Å². The number of hydrogen-bond acceptors (Lipinski definition) is 7. The normalized spacial score (nSPS) is 17.4. The molecule has 0 bridgehead atoms. The zero-order chi connectivity index (χ0) is 17.1. The van der Waals surface area contributed by atoms with Crippen molar-refractivity contribution in [1.82, 2.24) is 30.0 Å². The summed E-state index contributed by atoms with van der Waals surface area (Å²) in [5.41, 5.74) is 0.957. The molecule has 0 saturated carbocycles. The summed E-state index contributed by atoms with van der Waals surface area (Å²) in [7, 11) is 0. The van der Waals surface area contributed by atoms with E-state index in [-0.39, 0.29) is 11.9 Å². The third-order valence-corrected chi connectivity index (χ3v) is 4.17. The zero-order valence-electron chi connectivity index (χ0n) is 13.4. The van der Waals surface area contributed by atoms with Crippen molar-refractivity contribution < 1.29 is 9.32 Å². The van der Waals surface area contributed by atoms with Gasteiger partial charge in [-0.2, -0.15) is 4.98 Å². The molecule has 1 aliphatic rings. The fourth-order valence-corrected chi connectivity index (χ4v) is 2.96. The Balaban J connectivity index is 1.62. The molecule has 4 rings (SSSR count). The van der Waals surface area contributed by atoms with E-state index in [9.17, 15) is 4.79 Å². The number of aromatic nitrogens is 5. The van der Waals surface area contributed by atoms with Crippen LogP contribution in [0.2, 0.25) is 0 Å². The van der Waals surface area contributed by atoms with Gasteiger partial charge in [0, 0.05) is 25.1 Å². The van der Waals surface area contributed by atoms with Crippen LogP contribution in [0.4, 0.5) is 0 Å². The summed E-state index contributed by atoms with van der Waals surface area (Å²) in [4.78, 5) is 31.3. The number of nitrogens with zero attached hydrogens (tertiary/aromatic N) is 6. The minimum absolute atomic E-state index is 0.121. The minimum Gasteiger partial charge on any atom is -0.337 e. The van der Waals surface area contributed by atoms with Gasteiger partial charge in [0.1, 0.15) is 17.4 Å². The Hall–Kier alpha value is -3.16. The molecule has 4 heterocycles. The first kappa shape index (κ1) is 15.4. The molecule has 0 radical (unpaired) electrons. The lowest BCUT2D eigenvalue weighted by Crippen LogP contribution is -2.39. The lowest BCUT2D eigenvalue weighted by Gasteiger charge is -2.33. The molecule has 0 aromatic carbocycles. The van der Waals surface area contributed by atoms with Crippen molar-refractivity contribution >= 4 is 5.91 Å².